The molecule has 0 saturated carbocycles. The average Bonchev–Trinajstić information content (AvgIpc) is 2.72. The van der Waals surface area contributed by atoms with Crippen molar-refractivity contribution < 1.29 is 19.4 Å². The van der Waals surface area contributed by atoms with Gasteiger partial charge in [0.2, 0.25) is 5.91 Å². The molecule has 0 aromatic heterocycles. The average molecular weight is 271 g/mol. The summed E-state index contributed by atoms with van der Waals surface area (Å²) in [6.45, 7) is 5.49. The summed E-state index contributed by atoms with van der Waals surface area (Å²) in [4.78, 5) is 23.1. The van der Waals surface area contributed by atoms with Gasteiger partial charge in [0, 0.05) is 6.42 Å². The Kier molecular flexibility index (Phi) is 5.79. The summed E-state index contributed by atoms with van der Waals surface area (Å²) in [6.07, 6.45) is 4.58. The minimum atomic E-state index is -1.16. The van der Waals surface area contributed by atoms with Gasteiger partial charge in [-0.15, -0.1) is 0 Å². The van der Waals surface area contributed by atoms with Crippen molar-refractivity contribution >= 4 is 11.9 Å². The molecule has 2 N–H and O–H groups in total. The first kappa shape index (κ1) is 16.0. The third-order valence-electron chi connectivity index (χ3n) is 3.65. The molecule has 1 aliphatic heterocycles. The summed E-state index contributed by atoms with van der Waals surface area (Å²) in [5.41, 5.74) is -1.16. The first-order valence-corrected chi connectivity index (χ1v) is 7.07. The second-order valence-electron chi connectivity index (χ2n) is 5.62. The van der Waals surface area contributed by atoms with Crippen LogP contribution in [0.5, 0.6) is 0 Å². The molecule has 1 fully saturated rings. The Labute approximate surface area is 114 Å². The smallest absolute Gasteiger partial charge is 0.329 e. The molecule has 1 aliphatic rings. The van der Waals surface area contributed by atoms with Crippen LogP contribution < -0.4 is 5.32 Å². The van der Waals surface area contributed by atoms with E-state index in [1.807, 2.05) is 13.8 Å². The van der Waals surface area contributed by atoms with E-state index in [1.165, 1.54) is 0 Å². The third kappa shape index (κ3) is 4.82. The van der Waals surface area contributed by atoms with Gasteiger partial charge in [0.1, 0.15) is 5.54 Å². The van der Waals surface area contributed by atoms with Crippen molar-refractivity contribution in [2.45, 2.75) is 77.0 Å². The number of hydrogen-bond donors (Lipinski definition) is 2. The summed E-state index contributed by atoms with van der Waals surface area (Å²) in [7, 11) is 0. The quantitative estimate of drug-likeness (QED) is 0.743. The standard InChI is InChI=1S/C14H25NO4/c1-4-9-14(3,13(17)18)15-12(16)8-7-11-6-5-10(2)19-11/h10-11H,4-9H2,1-3H3,(H,15,16)(H,17,18). The van der Waals surface area contributed by atoms with Crippen molar-refractivity contribution in [2.75, 3.05) is 0 Å². The maximum Gasteiger partial charge on any atom is 0.329 e. The molecule has 0 bridgehead atoms. The third-order valence-corrected chi connectivity index (χ3v) is 3.65. The van der Waals surface area contributed by atoms with Gasteiger partial charge in [0.05, 0.1) is 12.2 Å². The lowest BCUT2D eigenvalue weighted by atomic mass is 9.96. The maximum absolute atomic E-state index is 11.8. The molecule has 3 unspecified atom stereocenters. The summed E-state index contributed by atoms with van der Waals surface area (Å²) in [6, 6.07) is 0. The van der Waals surface area contributed by atoms with Gasteiger partial charge < -0.3 is 15.2 Å². The van der Waals surface area contributed by atoms with E-state index in [1.54, 1.807) is 6.92 Å². The molecular weight excluding hydrogens is 246 g/mol. The summed E-state index contributed by atoms with van der Waals surface area (Å²) >= 11 is 0. The van der Waals surface area contributed by atoms with Gasteiger partial charge in [0.15, 0.2) is 0 Å². The van der Waals surface area contributed by atoms with E-state index in [0.717, 1.165) is 12.8 Å². The molecule has 0 aromatic rings. The topological polar surface area (TPSA) is 75.6 Å². The Morgan fingerprint density at radius 2 is 2.11 bits per heavy atom. The minimum Gasteiger partial charge on any atom is -0.480 e. The van der Waals surface area contributed by atoms with E-state index in [2.05, 4.69) is 5.32 Å². The van der Waals surface area contributed by atoms with Gasteiger partial charge in [-0.1, -0.05) is 13.3 Å². The van der Waals surface area contributed by atoms with Crippen LogP contribution in [0.4, 0.5) is 0 Å². The molecule has 0 aliphatic carbocycles. The largest absolute Gasteiger partial charge is 0.480 e. The predicted molar refractivity (Wildman–Crippen MR) is 71.9 cm³/mol. The number of carbonyl (C=O) groups excluding carboxylic acids is 1. The molecule has 1 saturated heterocycles. The number of carboxylic acids is 1. The van der Waals surface area contributed by atoms with Gasteiger partial charge in [-0.25, -0.2) is 4.79 Å². The van der Waals surface area contributed by atoms with Crippen molar-refractivity contribution in [1.29, 1.82) is 0 Å². The van der Waals surface area contributed by atoms with Crippen LogP contribution in [0.3, 0.4) is 0 Å². The normalized spacial score (nSPS) is 25.8. The monoisotopic (exact) mass is 271 g/mol. The molecule has 5 heteroatoms. The molecule has 0 radical (unpaired) electrons. The van der Waals surface area contributed by atoms with Crippen molar-refractivity contribution in [2.24, 2.45) is 0 Å². The summed E-state index contributed by atoms with van der Waals surface area (Å²) in [5, 5.41) is 11.8. The molecule has 5 nitrogen and oxygen atoms in total. The number of ether oxygens (including phenoxy) is 1. The van der Waals surface area contributed by atoms with Gasteiger partial charge in [-0.2, -0.15) is 0 Å². The first-order valence-electron chi connectivity index (χ1n) is 7.07. The van der Waals surface area contributed by atoms with Crippen LogP contribution in [0.15, 0.2) is 0 Å². The summed E-state index contributed by atoms with van der Waals surface area (Å²) < 4.78 is 5.64. The number of amides is 1. The Balaban J connectivity index is 2.38. The van der Waals surface area contributed by atoms with Gasteiger partial charge in [-0.3, -0.25) is 4.79 Å². The number of rotatable bonds is 7. The van der Waals surface area contributed by atoms with Crippen molar-refractivity contribution in [3.8, 4) is 0 Å². The molecule has 0 spiro atoms. The highest BCUT2D eigenvalue weighted by molar-refractivity contribution is 5.86. The SMILES string of the molecule is CCCC(C)(NC(=O)CCC1CCC(C)O1)C(=O)O. The Bertz CT molecular complexity index is 331. The predicted octanol–water partition coefficient (Wildman–Crippen LogP) is 2.09. The highest BCUT2D eigenvalue weighted by Crippen LogP contribution is 2.22. The van der Waals surface area contributed by atoms with Crippen LogP contribution in [0.2, 0.25) is 0 Å². The minimum absolute atomic E-state index is 0.142. The molecule has 1 amide bonds. The number of carbonyl (C=O) groups is 2. The summed E-state index contributed by atoms with van der Waals surface area (Å²) in [5.74, 6) is -1.19. The Morgan fingerprint density at radius 3 is 2.58 bits per heavy atom. The second kappa shape index (κ2) is 6.89. The van der Waals surface area contributed by atoms with Crippen molar-refractivity contribution in [3.05, 3.63) is 0 Å². The van der Waals surface area contributed by atoms with Crippen LogP contribution in [0.25, 0.3) is 0 Å². The van der Waals surface area contributed by atoms with E-state index in [9.17, 15) is 14.7 Å². The van der Waals surface area contributed by atoms with Crippen molar-refractivity contribution in [1.82, 2.24) is 5.32 Å². The number of hydrogen-bond acceptors (Lipinski definition) is 3. The molecular formula is C14H25NO4. The fourth-order valence-electron chi connectivity index (χ4n) is 2.48. The van der Waals surface area contributed by atoms with Gasteiger partial charge in [-0.05, 0) is 39.5 Å². The molecule has 19 heavy (non-hydrogen) atoms. The number of aliphatic carboxylic acids is 1. The van der Waals surface area contributed by atoms with Crippen LogP contribution in [-0.2, 0) is 14.3 Å². The maximum atomic E-state index is 11.8. The van der Waals surface area contributed by atoms with Crippen LogP contribution >= 0.6 is 0 Å². The zero-order valence-corrected chi connectivity index (χ0v) is 12.1. The second-order valence-corrected chi connectivity index (χ2v) is 5.62. The van der Waals surface area contributed by atoms with Crippen LogP contribution in [0, 0.1) is 0 Å². The Hall–Kier alpha value is -1.10. The highest BCUT2D eigenvalue weighted by Gasteiger charge is 2.33. The van der Waals surface area contributed by atoms with E-state index in [0.29, 0.717) is 25.7 Å². The van der Waals surface area contributed by atoms with E-state index >= 15 is 0 Å². The molecule has 1 heterocycles. The van der Waals surface area contributed by atoms with Gasteiger partial charge in [0.25, 0.3) is 0 Å². The van der Waals surface area contributed by atoms with Gasteiger partial charge >= 0.3 is 5.97 Å². The fraction of sp³-hybridized carbons (Fsp3) is 0.857. The molecule has 110 valence electrons. The van der Waals surface area contributed by atoms with Crippen molar-refractivity contribution in [3.63, 3.8) is 0 Å². The van der Waals surface area contributed by atoms with E-state index in [-0.39, 0.29) is 18.1 Å². The van der Waals surface area contributed by atoms with Crippen LogP contribution in [-0.4, -0.2) is 34.7 Å². The van der Waals surface area contributed by atoms with E-state index < -0.39 is 11.5 Å². The lowest BCUT2D eigenvalue weighted by molar-refractivity contribution is -0.147. The lowest BCUT2D eigenvalue weighted by Gasteiger charge is -2.26. The lowest BCUT2D eigenvalue weighted by Crippen LogP contribution is -2.52. The first-order chi connectivity index (χ1) is 8.87. The zero-order chi connectivity index (χ0) is 14.5. The number of nitrogens with one attached hydrogen (secondary N) is 1. The van der Waals surface area contributed by atoms with Crippen LogP contribution in [0.1, 0.15) is 59.3 Å². The molecule has 3 atom stereocenters. The molecule has 0 aromatic carbocycles. The fourth-order valence-corrected chi connectivity index (χ4v) is 2.48. The highest BCUT2D eigenvalue weighted by atomic mass is 16.5. The zero-order valence-electron chi connectivity index (χ0n) is 12.1. The Morgan fingerprint density at radius 1 is 1.42 bits per heavy atom. The van der Waals surface area contributed by atoms with E-state index in [4.69, 9.17) is 4.74 Å². The number of carboxylic acid groups (broad SMARTS) is 1. The molecule has 1 rings (SSSR count).